The van der Waals surface area contributed by atoms with Crippen molar-refractivity contribution in [3.63, 3.8) is 0 Å². The lowest BCUT2D eigenvalue weighted by molar-refractivity contribution is -0.145. The van der Waals surface area contributed by atoms with E-state index in [0.29, 0.717) is 53.6 Å². The van der Waals surface area contributed by atoms with E-state index in [1.54, 1.807) is 18.1 Å². The largest absolute Gasteiger partial charge is 0.497 e. The van der Waals surface area contributed by atoms with Crippen LogP contribution in [0.4, 0.5) is 17.1 Å². The summed E-state index contributed by atoms with van der Waals surface area (Å²) >= 11 is 0. The topological polar surface area (TPSA) is 119 Å². The van der Waals surface area contributed by atoms with Gasteiger partial charge in [-0.3, -0.25) is 19.2 Å². The van der Waals surface area contributed by atoms with Gasteiger partial charge in [0.2, 0.25) is 0 Å². The minimum Gasteiger partial charge on any atom is -0.497 e. The van der Waals surface area contributed by atoms with E-state index in [1.165, 1.54) is 16.3 Å². The summed E-state index contributed by atoms with van der Waals surface area (Å²) in [5, 5.41) is 20.8. The molecule has 3 aliphatic heterocycles. The van der Waals surface area contributed by atoms with E-state index in [-0.39, 0.29) is 41.9 Å². The van der Waals surface area contributed by atoms with Gasteiger partial charge < -0.3 is 24.2 Å². The Morgan fingerprint density at radius 2 is 1.60 bits per heavy atom. The van der Waals surface area contributed by atoms with Crippen molar-refractivity contribution in [2.45, 2.75) is 89.8 Å². The Labute approximate surface area is 400 Å². The van der Waals surface area contributed by atoms with Crippen LogP contribution in [0, 0.1) is 5.92 Å². The summed E-state index contributed by atoms with van der Waals surface area (Å²) < 4.78 is 21.4. The number of rotatable bonds is 15. The third-order valence-corrected chi connectivity index (χ3v) is 18.7. The molecule has 1 aromatic heterocycles. The number of ether oxygens (including phenoxy) is 3. The molecule has 1 fully saturated rings. The highest BCUT2D eigenvalue weighted by Crippen LogP contribution is 2.61. The van der Waals surface area contributed by atoms with Gasteiger partial charge >= 0.3 is 0 Å². The van der Waals surface area contributed by atoms with Crippen molar-refractivity contribution >= 4 is 42.1 Å². The minimum absolute atomic E-state index is 0.0454. The van der Waals surface area contributed by atoms with Gasteiger partial charge in [-0.25, -0.2) is 0 Å². The molecular weight excluding hydrogens is 867 g/mol. The van der Waals surface area contributed by atoms with Gasteiger partial charge in [-0.1, -0.05) is 120 Å². The van der Waals surface area contributed by atoms with E-state index in [4.69, 9.17) is 14.2 Å². The van der Waals surface area contributed by atoms with Crippen LogP contribution < -0.4 is 24.5 Å². The molecule has 9 rings (SSSR count). The van der Waals surface area contributed by atoms with Gasteiger partial charge in [-0.2, -0.15) is 0 Å². The highest BCUT2D eigenvalue weighted by Gasteiger charge is 2.66. The molecule has 68 heavy (non-hydrogen) atoms. The third kappa shape index (κ3) is 8.50. The molecule has 12 heteroatoms. The molecule has 5 atom stereocenters. The lowest BCUT2D eigenvalue weighted by atomic mass is 9.82. The number of aliphatic hydroxyl groups excluding tert-OH is 1. The Morgan fingerprint density at radius 3 is 2.34 bits per heavy atom. The Morgan fingerprint density at radius 1 is 0.882 bits per heavy atom. The van der Waals surface area contributed by atoms with Crippen molar-refractivity contribution in [1.82, 2.24) is 15.0 Å². The van der Waals surface area contributed by atoms with Crippen molar-refractivity contribution < 1.29 is 28.9 Å². The number of aryl methyl sites for hydroxylation is 1. The number of nitrogens with zero attached hydrogens (tertiary/aromatic N) is 5. The van der Waals surface area contributed by atoms with E-state index in [1.807, 2.05) is 119 Å². The number of hydrogen-bond donors (Lipinski definition) is 1. The van der Waals surface area contributed by atoms with Crippen molar-refractivity contribution in [1.29, 1.82) is 0 Å². The molecule has 1 N–H and O–H groups in total. The summed E-state index contributed by atoms with van der Waals surface area (Å²) in [7, 11) is -0.839. The molecule has 1 unspecified atom stereocenters. The summed E-state index contributed by atoms with van der Waals surface area (Å²) in [6.45, 7) is 14.1. The number of carbonyl (C=O) groups excluding carboxylic acids is 2. The average Bonchev–Trinajstić information content (AvgIpc) is 3.98. The van der Waals surface area contributed by atoms with Crippen molar-refractivity contribution in [3.8, 4) is 17.2 Å². The summed E-state index contributed by atoms with van der Waals surface area (Å²) in [5.74, 6) is 0.874. The monoisotopic (exact) mass is 927 g/mol. The standard InChI is InChI=1S/C56H61N5O6Si/c1-37(2)16-15-17-38(3)30-33-60-48-29-24-41(61-49-21-12-14-23-51(49)66-50-22-13-11-20-44(50)54(61)63)34-46(48)56(55(60)64)39(4)53(68(6,7)43-27-25-42(65-5)26-28-43)52(67-56)31-32-59-35-47(57-58-59)45(36-62)40-18-9-8-10-19-40/h8-14,16,18-30,34-35,39,45,52-53,62H,15,17,31-33,36H2,1-7H3/b38-30+/t39-,45?,52+,53-,56+/m0/s1. The lowest BCUT2D eigenvalue weighted by Crippen LogP contribution is -2.52. The predicted octanol–water partition coefficient (Wildman–Crippen LogP) is 10.8. The molecule has 0 aliphatic carbocycles. The molecule has 0 radical (unpaired) electrons. The number of methoxy groups -OCH3 is 1. The molecule has 0 saturated carbocycles. The number of aromatic nitrogens is 3. The molecule has 4 heterocycles. The van der Waals surface area contributed by atoms with Gasteiger partial charge in [0.25, 0.3) is 11.8 Å². The predicted molar refractivity (Wildman–Crippen MR) is 270 cm³/mol. The number of anilines is 3. The fourth-order valence-electron chi connectivity index (χ4n) is 10.8. The number of carbonyl (C=O) groups is 2. The Bertz CT molecular complexity index is 2870. The van der Waals surface area contributed by atoms with E-state index >= 15 is 4.79 Å². The van der Waals surface area contributed by atoms with Crippen molar-refractivity contribution in [2.24, 2.45) is 5.92 Å². The zero-order valence-corrected chi connectivity index (χ0v) is 41.1. The van der Waals surface area contributed by atoms with Gasteiger partial charge in [-0.15, -0.1) is 5.10 Å². The van der Waals surface area contributed by atoms with Crippen molar-refractivity contribution in [2.75, 3.05) is 30.1 Å². The second kappa shape index (κ2) is 19.2. The molecule has 5 aromatic carbocycles. The molecule has 2 amide bonds. The summed E-state index contributed by atoms with van der Waals surface area (Å²) in [5.41, 5.74) is 5.87. The Balaban J connectivity index is 1.15. The first-order valence-corrected chi connectivity index (χ1v) is 26.8. The summed E-state index contributed by atoms with van der Waals surface area (Å²) in [6.07, 6.45) is 8.32. The van der Waals surface area contributed by atoms with Gasteiger partial charge in [0.15, 0.2) is 11.4 Å². The van der Waals surface area contributed by atoms with Crippen LogP contribution in [0.25, 0.3) is 0 Å². The average molecular weight is 928 g/mol. The van der Waals surface area contributed by atoms with E-state index < -0.39 is 13.7 Å². The number of fused-ring (bicyclic) bond motifs is 4. The number of aliphatic hydroxyl groups is 1. The molecule has 0 bridgehead atoms. The normalized spacial score (nSPS) is 20.4. The molecule has 6 aromatic rings. The summed E-state index contributed by atoms with van der Waals surface area (Å²) in [4.78, 5) is 34.3. The fraction of sp³-hybridized carbons (Fsp3) is 0.321. The first-order chi connectivity index (χ1) is 32.8. The first-order valence-electron chi connectivity index (χ1n) is 23.7. The maximum Gasteiger partial charge on any atom is 0.266 e. The molecule has 3 aliphatic rings. The van der Waals surface area contributed by atoms with E-state index in [9.17, 15) is 9.90 Å². The van der Waals surface area contributed by atoms with Crippen LogP contribution >= 0.6 is 0 Å². The molecule has 11 nitrogen and oxygen atoms in total. The minimum atomic E-state index is -2.51. The second-order valence-electron chi connectivity index (χ2n) is 19.2. The SMILES string of the molecule is COc1ccc([Si](C)(C)[C@@H]2[C@@H](CCn3cc(C(CO)c4ccccc4)nn3)O[C@]3(C(=O)N(C/C=C(\C)CCC=C(C)C)c4ccc(N5C(=O)c6ccccc6Oc6ccccc65)cc43)[C@H]2C)cc1. The van der Waals surface area contributed by atoms with Crippen LogP contribution in [0.5, 0.6) is 17.2 Å². The highest BCUT2D eigenvalue weighted by atomic mass is 28.3. The van der Waals surface area contributed by atoms with Crippen LogP contribution in [-0.4, -0.2) is 66.4 Å². The van der Waals surface area contributed by atoms with Crippen LogP contribution in [0.1, 0.15) is 80.1 Å². The second-order valence-corrected chi connectivity index (χ2v) is 23.9. The van der Waals surface area contributed by atoms with Crippen LogP contribution in [-0.2, 0) is 21.7 Å². The molecular formula is C56H61N5O6Si. The number of para-hydroxylation sites is 3. The Kier molecular flexibility index (Phi) is 13.1. The first kappa shape index (κ1) is 46.5. The molecule has 350 valence electrons. The number of benzene rings is 5. The van der Waals surface area contributed by atoms with E-state index in [0.717, 1.165) is 35.4 Å². The number of amides is 2. The summed E-state index contributed by atoms with van der Waals surface area (Å²) in [6, 6.07) is 39.0. The van der Waals surface area contributed by atoms with E-state index in [2.05, 4.69) is 75.4 Å². The van der Waals surface area contributed by atoms with Crippen LogP contribution in [0.3, 0.4) is 0 Å². The zero-order chi connectivity index (χ0) is 47.7. The fourth-order valence-corrected chi connectivity index (χ4v) is 14.9. The lowest BCUT2D eigenvalue weighted by Gasteiger charge is -2.37. The van der Waals surface area contributed by atoms with Crippen LogP contribution in [0.15, 0.2) is 151 Å². The maximum atomic E-state index is 15.8. The number of hydrogen-bond acceptors (Lipinski definition) is 8. The van der Waals surface area contributed by atoms with Gasteiger partial charge in [-0.05, 0) is 106 Å². The maximum absolute atomic E-state index is 15.8. The van der Waals surface area contributed by atoms with Gasteiger partial charge in [0.05, 0.1) is 56.4 Å². The van der Waals surface area contributed by atoms with Gasteiger partial charge in [0, 0.05) is 36.5 Å². The van der Waals surface area contributed by atoms with Gasteiger partial charge in [0.1, 0.15) is 11.5 Å². The van der Waals surface area contributed by atoms with Crippen molar-refractivity contribution in [3.05, 3.63) is 173 Å². The number of allylic oxidation sites excluding steroid dienone is 3. The quantitative estimate of drug-likeness (QED) is 0.0799. The molecule has 1 saturated heterocycles. The Hall–Kier alpha value is -6.60. The zero-order valence-electron chi connectivity index (χ0n) is 40.1. The third-order valence-electron chi connectivity index (χ3n) is 14.4. The van der Waals surface area contributed by atoms with Crippen LogP contribution in [0.2, 0.25) is 18.6 Å². The highest BCUT2D eigenvalue weighted by molar-refractivity contribution is 6.91. The smallest absolute Gasteiger partial charge is 0.266 e. The molecule has 1 spiro atoms.